The quantitative estimate of drug-likeness (QED) is 0.690. The summed E-state index contributed by atoms with van der Waals surface area (Å²) in [5.74, 6) is 4.46. The van der Waals surface area contributed by atoms with Crippen molar-refractivity contribution in [1.82, 2.24) is 0 Å². The Morgan fingerprint density at radius 3 is 1.60 bits per heavy atom. The van der Waals surface area contributed by atoms with E-state index in [1.54, 1.807) is 0 Å². The van der Waals surface area contributed by atoms with Crippen molar-refractivity contribution in [2.24, 2.45) is 0 Å². The minimum atomic E-state index is 0.186. The van der Waals surface area contributed by atoms with E-state index in [9.17, 15) is 0 Å². The molecule has 0 saturated carbocycles. The van der Waals surface area contributed by atoms with E-state index >= 15 is 0 Å². The molecule has 0 amide bonds. The second kappa shape index (κ2) is 6.34. The largest absolute Gasteiger partial charge is 0.465 e. The third-order valence-electron chi connectivity index (χ3n) is 3.79. The fourth-order valence-electron chi connectivity index (χ4n) is 2.85. The Kier molecular flexibility index (Phi) is 4.74. The van der Waals surface area contributed by atoms with Crippen molar-refractivity contribution < 1.29 is 8.83 Å². The third-order valence-corrected chi connectivity index (χ3v) is 3.79. The molecule has 2 heterocycles. The number of rotatable bonds is 6. The van der Waals surface area contributed by atoms with Gasteiger partial charge in [0.25, 0.3) is 0 Å². The minimum absolute atomic E-state index is 0.186. The Morgan fingerprint density at radius 1 is 0.850 bits per heavy atom. The lowest BCUT2D eigenvalue weighted by atomic mass is 10.00. The summed E-state index contributed by atoms with van der Waals surface area (Å²) in [7, 11) is 0. The first-order valence-corrected chi connectivity index (χ1v) is 7.75. The fraction of sp³-hybridized carbons (Fsp3) is 0.556. The zero-order chi connectivity index (χ0) is 14.7. The Hall–Kier alpha value is -1.44. The van der Waals surface area contributed by atoms with Crippen molar-refractivity contribution in [3.8, 4) is 0 Å². The molecule has 2 aromatic heterocycles. The van der Waals surface area contributed by atoms with E-state index in [0.29, 0.717) is 0 Å². The highest BCUT2D eigenvalue weighted by Gasteiger charge is 2.21. The molecular weight excluding hydrogens is 248 g/mol. The van der Waals surface area contributed by atoms with E-state index < -0.39 is 0 Å². The normalized spacial score (nSPS) is 11.5. The number of aryl methyl sites for hydroxylation is 4. The summed E-state index contributed by atoms with van der Waals surface area (Å²) in [6, 6.07) is 4.33. The smallest absolute Gasteiger partial charge is 0.117 e. The van der Waals surface area contributed by atoms with Crippen LogP contribution >= 0.6 is 0 Å². The molecule has 2 nitrogen and oxygen atoms in total. The van der Waals surface area contributed by atoms with Crippen molar-refractivity contribution in [1.29, 1.82) is 0 Å². The van der Waals surface area contributed by atoms with Gasteiger partial charge in [0.1, 0.15) is 23.0 Å². The van der Waals surface area contributed by atoms with Crippen LogP contribution in [0, 0.1) is 13.8 Å². The monoisotopic (exact) mass is 274 g/mol. The van der Waals surface area contributed by atoms with Crippen LogP contribution in [0.5, 0.6) is 0 Å². The van der Waals surface area contributed by atoms with Crippen molar-refractivity contribution >= 4 is 0 Å². The summed E-state index contributed by atoms with van der Waals surface area (Å²) >= 11 is 0. The summed E-state index contributed by atoms with van der Waals surface area (Å²) < 4.78 is 12.1. The van der Waals surface area contributed by atoms with Gasteiger partial charge in [-0.25, -0.2) is 0 Å². The van der Waals surface area contributed by atoms with Crippen LogP contribution in [0.15, 0.2) is 21.0 Å². The highest BCUT2D eigenvalue weighted by Crippen LogP contribution is 2.33. The molecule has 0 fully saturated rings. The summed E-state index contributed by atoms with van der Waals surface area (Å²) in [4.78, 5) is 0. The van der Waals surface area contributed by atoms with Gasteiger partial charge in [0.2, 0.25) is 0 Å². The first kappa shape index (κ1) is 15.0. The topological polar surface area (TPSA) is 26.3 Å². The Bertz CT molecular complexity index is 510. The van der Waals surface area contributed by atoms with Crippen LogP contribution in [-0.4, -0.2) is 0 Å². The van der Waals surface area contributed by atoms with Crippen molar-refractivity contribution in [2.45, 2.75) is 66.2 Å². The molecule has 0 aliphatic heterocycles. The van der Waals surface area contributed by atoms with Crippen LogP contribution < -0.4 is 0 Å². The molecular formula is C18H26O2. The lowest BCUT2D eigenvalue weighted by Crippen LogP contribution is -1.96. The van der Waals surface area contributed by atoms with E-state index in [1.807, 2.05) is 0 Å². The highest BCUT2D eigenvalue weighted by molar-refractivity contribution is 5.32. The zero-order valence-corrected chi connectivity index (χ0v) is 13.4. The van der Waals surface area contributed by atoms with E-state index in [2.05, 4.69) is 46.8 Å². The van der Waals surface area contributed by atoms with E-state index in [4.69, 9.17) is 8.83 Å². The molecule has 0 aromatic carbocycles. The predicted octanol–water partition coefficient (Wildman–Crippen LogP) is 5.55. The van der Waals surface area contributed by atoms with Crippen LogP contribution in [0.3, 0.4) is 0 Å². The molecule has 0 spiro atoms. The highest BCUT2D eigenvalue weighted by atomic mass is 16.4. The van der Waals surface area contributed by atoms with Gasteiger partial charge in [-0.15, -0.1) is 0 Å². The second-order valence-corrected chi connectivity index (χ2v) is 5.74. The molecule has 0 saturated heterocycles. The van der Waals surface area contributed by atoms with Crippen molar-refractivity contribution in [3.05, 3.63) is 46.3 Å². The fourth-order valence-corrected chi connectivity index (χ4v) is 2.85. The molecule has 0 aliphatic carbocycles. The minimum Gasteiger partial charge on any atom is -0.465 e. The van der Waals surface area contributed by atoms with Crippen LogP contribution in [0.1, 0.15) is 73.7 Å². The van der Waals surface area contributed by atoms with E-state index in [-0.39, 0.29) is 5.92 Å². The lowest BCUT2D eigenvalue weighted by molar-refractivity contribution is 0.401. The van der Waals surface area contributed by atoms with Gasteiger partial charge in [0, 0.05) is 12.8 Å². The second-order valence-electron chi connectivity index (χ2n) is 5.74. The maximum Gasteiger partial charge on any atom is 0.117 e. The van der Waals surface area contributed by atoms with Crippen LogP contribution in [0.25, 0.3) is 0 Å². The lowest BCUT2D eigenvalue weighted by Gasteiger charge is -2.08. The first-order chi connectivity index (χ1) is 9.56. The molecule has 2 heteroatoms. The number of hydrogen-bond acceptors (Lipinski definition) is 2. The average molecular weight is 274 g/mol. The molecule has 0 radical (unpaired) electrons. The number of hydrogen-bond donors (Lipinski definition) is 0. The molecule has 110 valence electrons. The van der Waals surface area contributed by atoms with Gasteiger partial charge >= 0.3 is 0 Å². The van der Waals surface area contributed by atoms with Gasteiger partial charge in [-0.2, -0.15) is 0 Å². The molecule has 0 N–H and O–H groups in total. The summed E-state index contributed by atoms with van der Waals surface area (Å²) in [5, 5.41) is 0. The molecule has 0 aliphatic rings. The Balaban J connectivity index is 2.28. The molecule has 0 atom stereocenters. The summed E-state index contributed by atoms with van der Waals surface area (Å²) in [6.45, 7) is 10.8. The van der Waals surface area contributed by atoms with Gasteiger partial charge < -0.3 is 8.83 Å². The maximum atomic E-state index is 6.04. The van der Waals surface area contributed by atoms with Crippen molar-refractivity contribution in [2.75, 3.05) is 0 Å². The summed E-state index contributed by atoms with van der Waals surface area (Å²) in [6.07, 6.45) is 4.24. The standard InChI is InChI=1S/C18H26O2/c1-6-8-15-10-12(3)17(19-15)14(5)18-13(4)11-16(20-18)9-7-2/h10-11,14H,6-9H2,1-5H3. The van der Waals surface area contributed by atoms with Crippen molar-refractivity contribution in [3.63, 3.8) is 0 Å². The molecule has 0 bridgehead atoms. The molecule has 2 aromatic rings. The maximum absolute atomic E-state index is 6.04. The predicted molar refractivity (Wildman–Crippen MR) is 82.4 cm³/mol. The van der Waals surface area contributed by atoms with Crippen LogP contribution in [0.4, 0.5) is 0 Å². The van der Waals surface area contributed by atoms with Crippen LogP contribution in [0.2, 0.25) is 0 Å². The third kappa shape index (κ3) is 3.00. The Morgan fingerprint density at radius 2 is 1.25 bits per heavy atom. The Labute approximate surface area is 122 Å². The van der Waals surface area contributed by atoms with E-state index in [1.165, 1.54) is 11.1 Å². The zero-order valence-electron chi connectivity index (χ0n) is 13.4. The number of furan rings is 2. The average Bonchev–Trinajstić information content (AvgIpc) is 2.93. The molecule has 2 rings (SSSR count). The van der Waals surface area contributed by atoms with Gasteiger partial charge in [-0.05, 0) is 56.9 Å². The van der Waals surface area contributed by atoms with E-state index in [0.717, 1.165) is 48.7 Å². The molecule has 20 heavy (non-hydrogen) atoms. The first-order valence-electron chi connectivity index (χ1n) is 7.75. The van der Waals surface area contributed by atoms with Gasteiger partial charge in [0.05, 0.1) is 5.92 Å². The summed E-state index contributed by atoms with van der Waals surface area (Å²) in [5.41, 5.74) is 2.46. The van der Waals surface area contributed by atoms with Gasteiger partial charge in [-0.1, -0.05) is 13.8 Å². The molecule has 0 unspecified atom stereocenters. The SMILES string of the molecule is CCCc1cc(C)c(C(C)c2oc(CCC)cc2C)o1. The van der Waals surface area contributed by atoms with Crippen LogP contribution in [-0.2, 0) is 12.8 Å². The van der Waals surface area contributed by atoms with Gasteiger partial charge in [-0.3, -0.25) is 0 Å². The van der Waals surface area contributed by atoms with Gasteiger partial charge in [0.15, 0.2) is 0 Å².